The topological polar surface area (TPSA) is 115 Å². The molecule has 1 saturated heterocycles. The molecule has 4 N–H and O–H groups in total. The lowest BCUT2D eigenvalue weighted by Crippen LogP contribution is -2.61. The molecule has 1 aliphatic heterocycles. The molecule has 2 aliphatic rings. The number of nitrogens with one attached hydrogen (secondary N) is 3. The van der Waals surface area contributed by atoms with E-state index in [1.54, 1.807) is 32.2 Å². The van der Waals surface area contributed by atoms with Crippen molar-refractivity contribution >= 4 is 17.8 Å². The van der Waals surface area contributed by atoms with Gasteiger partial charge in [0.15, 0.2) is 5.96 Å². The summed E-state index contributed by atoms with van der Waals surface area (Å²) in [6.07, 6.45) is 1.95. The maximum atomic E-state index is 13.3. The quantitative estimate of drug-likeness (QED) is 0.451. The van der Waals surface area contributed by atoms with Gasteiger partial charge in [0.25, 0.3) is 5.91 Å². The lowest BCUT2D eigenvalue weighted by atomic mass is 9.90. The molecule has 2 aromatic rings. The first kappa shape index (κ1) is 25.9. The lowest BCUT2D eigenvalue weighted by molar-refractivity contribution is -0.132. The van der Waals surface area contributed by atoms with Gasteiger partial charge in [-0.15, -0.1) is 0 Å². The van der Waals surface area contributed by atoms with Crippen LogP contribution in [0.5, 0.6) is 0 Å². The summed E-state index contributed by atoms with van der Waals surface area (Å²) in [4.78, 5) is 28.0. The van der Waals surface area contributed by atoms with Gasteiger partial charge in [-0.3, -0.25) is 19.9 Å². The zero-order valence-corrected chi connectivity index (χ0v) is 21.4. The molecule has 0 spiro atoms. The second-order valence-electron chi connectivity index (χ2n) is 10.4. The highest BCUT2D eigenvalue weighted by atomic mass is 16.5. The van der Waals surface area contributed by atoms with Crippen LogP contribution in [0.3, 0.4) is 0 Å². The smallest absolute Gasteiger partial charge is 0.251 e. The number of methoxy groups -OCH3 is 1. The Balaban J connectivity index is 1.60. The van der Waals surface area contributed by atoms with E-state index in [1.165, 1.54) is 4.90 Å². The number of rotatable bonds is 8. The van der Waals surface area contributed by atoms with Crippen LogP contribution in [0.1, 0.15) is 79.2 Å². The third-order valence-corrected chi connectivity index (χ3v) is 7.50. The van der Waals surface area contributed by atoms with Crippen LogP contribution in [0.15, 0.2) is 48.5 Å². The van der Waals surface area contributed by atoms with Crippen LogP contribution >= 0.6 is 0 Å². The molecule has 1 heterocycles. The van der Waals surface area contributed by atoms with Crippen molar-refractivity contribution in [1.29, 1.82) is 5.41 Å². The van der Waals surface area contributed by atoms with Gasteiger partial charge < -0.3 is 20.5 Å². The SMILES string of the molecule is CC[C@@]1(C)CC(=O)N([C@H](CCOC)c2cccc(C(=O)N[C@@H]3c4ccccc4C[C@@]3(C)O)c2)C(=N)N1. The molecule has 0 aromatic heterocycles. The van der Waals surface area contributed by atoms with E-state index in [0.717, 1.165) is 23.1 Å². The van der Waals surface area contributed by atoms with Crippen molar-refractivity contribution in [3.63, 3.8) is 0 Å². The summed E-state index contributed by atoms with van der Waals surface area (Å²) in [5.41, 5.74) is 1.57. The van der Waals surface area contributed by atoms with Gasteiger partial charge in [-0.2, -0.15) is 0 Å². The Morgan fingerprint density at radius 3 is 2.69 bits per heavy atom. The highest BCUT2D eigenvalue weighted by molar-refractivity contribution is 6.00. The molecule has 4 atom stereocenters. The summed E-state index contributed by atoms with van der Waals surface area (Å²) in [6, 6.07) is 13.9. The fourth-order valence-corrected chi connectivity index (χ4v) is 5.29. The second-order valence-corrected chi connectivity index (χ2v) is 10.4. The Labute approximate surface area is 212 Å². The molecule has 36 heavy (non-hydrogen) atoms. The highest BCUT2D eigenvalue weighted by Gasteiger charge is 2.42. The van der Waals surface area contributed by atoms with Gasteiger partial charge in [-0.25, -0.2) is 0 Å². The van der Waals surface area contributed by atoms with E-state index in [2.05, 4.69) is 10.6 Å². The molecule has 192 valence electrons. The molecule has 2 aromatic carbocycles. The second kappa shape index (κ2) is 10.0. The van der Waals surface area contributed by atoms with Crippen molar-refractivity contribution in [2.24, 2.45) is 0 Å². The maximum absolute atomic E-state index is 13.3. The lowest BCUT2D eigenvalue weighted by Gasteiger charge is -2.43. The van der Waals surface area contributed by atoms with E-state index in [9.17, 15) is 14.7 Å². The van der Waals surface area contributed by atoms with Crippen molar-refractivity contribution in [3.05, 3.63) is 70.8 Å². The van der Waals surface area contributed by atoms with Gasteiger partial charge >= 0.3 is 0 Å². The predicted octanol–water partition coefficient (Wildman–Crippen LogP) is 3.47. The standard InChI is InChI=1S/C28H36N4O4/c1-5-27(2)17-23(33)32(26(29)31-27)22(13-14-36-4)18-10-8-11-19(15-18)25(34)30-24-21-12-7-6-9-20(21)16-28(24,3)35/h6-12,15,22,24,35H,5,13-14,16-17H2,1-4H3,(H2,29,31)(H,30,34)/t22-,24-,27+,28-/m1/s1. The molecular formula is C28H36N4O4. The monoisotopic (exact) mass is 492 g/mol. The molecule has 8 nitrogen and oxygen atoms in total. The van der Waals surface area contributed by atoms with Gasteiger partial charge in [0.1, 0.15) is 0 Å². The number of benzene rings is 2. The van der Waals surface area contributed by atoms with Crippen molar-refractivity contribution in [1.82, 2.24) is 15.5 Å². The third kappa shape index (κ3) is 5.01. The van der Waals surface area contributed by atoms with E-state index in [-0.39, 0.29) is 24.2 Å². The molecule has 0 saturated carbocycles. The Bertz CT molecular complexity index is 1140. The summed E-state index contributed by atoms with van der Waals surface area (Å²) in [7, 11) is 1.60. The summed E-state index contributed by atoms with van der Waals surface area (Å²) in [5.74, 6) is -0.371. The van der Waals surface area contributed by atoms with Crippen molar-refractivity contribution < 1.29 is 19.4 Å². The minimum absolute atomic E-state index is 0.0603. The number of carbonyl (C=O) groups excluding carboxylic acids is 2. The Hall–Kier alpha value is -3.23. The molecular weight excluding hydrogens is 456 g/mol. The first-order valence-corrected chi connectivity index (χ1v) is 12.5. The van der Waals surface area contributed by atoms with Crippen molar-refractivity contribution in [3.8, 4) is 0 Å². The average Bonchev–Trinajstić information content (AvgIpc) is 3.10. The van der Waals surface area contributed by atoms with E-state index in [0.29, 0.717) is 25.0 Å². The molecule has 4 rings (SSSR count). The fourth-order valence-electron chi connectivity index (χ4n) is 5.29. The first-order valence-electron chi connectivity index (χ1n) is 12.5. The van der Waals surface area contributed by atoms with E-state index in [4.69, 9.17) is 10.1 Å². The summed E-state index contributed by atoms with van der Waals surface area (Å²) >= 11 is 0. The number of hydrogen-bond donors (Lipinski definition) is 4. The number of hydrogen-bond acceptors (Lipinski definition) is 5. The van der Waals surface area contributed by atoms with E-state index in [1.807, 2.05) is 44.2 Å². The summed E-state index contributed by atoms with van der Waals surface area (Å²) in [5, 5.41) is 25.8. The van der Waals surface area contributed by atoms with Crippen LogP contribution in [0.2, 0.25) is 0 Å². The molecule has 0 bridgehead atoms. The van der Waals surface area contributed by atoms with Gasteiger partial charge in [0.05, 0.1) is 24.1 Å². The Morgan fingerprint density at radius 2 is 2.00 bits per heavy atom. The molecule has 8 heteroatoms. The van der Waals surface area contributed by atoms with Crippen LogP contribution < -0.4 is 10.6 Å². The van der Waals surface area contributed by atoms with Gasteiger partial charge in [0.2, 0.25) is 5.91 Å². The Kier molecular flexibility index (Phi) is 7.20. The van der Waals surface area contributed by atoms with Gasteiger partial charge in [-0.05, 0) is 55.5 Å². The van der Waals surface area contributed by atoms with Crippen molar-refractivity contribution in [2.45, 2.75) is 69.7 Å². The summed E-state index contributed by atoms with van der Waals surface area (Å²) in [6.45, 7) is 6.07. The highest BCUT2D eigenvalue weighted by Crippen LogP contribution is 2.39. The number of amides is 2. The normalized spacial score (nSPS) is 26.4. The maximum Gasteiger partial charge on any atom is 0.251 e. The Morgan fingerprint density at radius 1 is 1.25 bits per heavy atom. The average molecular weight is 493 g/mol. The molecule has 1 aliphatic carbocycles. The number of carbonyl (C=O) groups is 2. The molecule has 0 unspecified atom stereocenters. The largest absolute Gasteiger partial charge is 0.387 e. The number of nitrogens with zero attached hydrogens (tertiary/aromatic N) is 1. The van der Waals surface area contributed by atoms with Crippen molar-refractivity contribution in [2.75, 3.05) is 13.7 Å². The predicted molar refractivity (Wildman–Crippen MR) is 138 cm³/mol. The van der Waals surface area contributed by atoms with Crippen LogP contribution in [0.4, 0.5) is 0 Å². The number of aliphatic hydroxyl groups is 1. The summed E-state index contributed by atoms with van der Waals surface area (Å²) < 4.78 is 5.30. The van der Waals surface area contributed by atoms with Crippen LogP contribution in [0.25, 0.3) is 0 Å². The minimum Gasteiger partial charge on any atom is -0.387 e. The molecule has 0 radical (unpaired) electrons. The van der Waals surface area contributed by atoms with Crippen LogP contribution in [-0.2, 0) is 16.0 Å². The van der Waals surface area contributed by atoms with Crippen LogP contribution in [0, 0.1) is 5.41 Å². The van der Waals surface area contributed by atoms with Gasteiger partial charge in [0, 0.05) is 31.2 Å². The van der Waals surface area contributed by atoms with E-state index < -0.39 is 23.2 Å². The van der Waals surface area contributed by atoms with Gasteiger partial charge in [-0.1, -0.05) is 43.3 Å². The third-order valence-electron chi connectivity index (χ3n) is 7.50. The number of guanidine groups is 1. The van der Waals surface area contributed by atoms with E-state index >= 15 is 0 Å². The molecule has 2 amide bonds. The zero-order chi connectivity index (χ0) is 26.1. The fraction of sp³-hybridized carbons (Fsp3) is 0.464. The molecule has 1 fully saturated rings. The number of ether oxygens (including phenoxy) is 1. The zero-order valence-electron chi connectivity index (χ0n) is 21.4. The number of fused-ring (bicyclic) bond motifs is 1. The first-order chi connectivity index (χ1) is 17.1. The minimum atomic E-state index is -1.09. The van der Waals surface area contributed by atoms with Crippen LogP contribution in [-0.4, -0.2) is 52.6 Å².